The van der Waals surface area contributed by atoms with E-state index in [0.29, 0.717) is 11.5 Å². The van der Waals surface area contributed by atoms with Crippen molar-refractivity contribution in [1.82, 2.24) is 4.57 Å². The fraction of sp³-hybridized carbons (Fsp3) is 0.500. The van der Waals surface area contributed by atoms with Crippen LogP contribution in [0, 0.1) is 18.7 Å². The predicted molar refractivity (Wildman–Crippen MR) is 106 cm³/mol. The number of amides is 1. The number of carbonyl (C=O) groups is 1. The van der Waals surface area contributed by atoms with Gasteiger partial charge < -0.3 is 10.3 Å². The first-order valence-corrected chi connectivity index (χ1v) is 9.64. The normalized spacial score (nSPS) is 11.3. The molecule has 0 unspecified atom stereocenters. The van der Waals surface area contributed by atoms with Gasteiger partial charge in [-0.25, -0.2) is 4.39 Å². The lowest BCUT2D eigenvalue weighted by Crippen LogP contribution is -2.13. The smallest absolute Gasteiger partial charge is 0.251 e. The first kappa shape index (κ1) is 20.2. The van der Waals surface area contributed by atoms with E-state index in [9.17, 15) is 9.18 Å². The molecule has 0 bridgehead atoms. The van der Waals surface area contributed by atoms with Crippen LogP contribution in [0.25, 0.3) is 11.1 Å². The van der Waals surface area contributed by atoms with Crippen molar-refractivity contribution in [3.63, 3.8) is 0 Å². The van der Waals surface area contributed by atoms with Gasteiger partial charge in [-0.05, 0) is 49.8 Å². The van der Waals surface area contributed by atoms with Gasteiger partial charge in [-0.1, -0.05) is 45.7 Å². The molecular formula is C22H31FN2O. The van der Waals surface area contributed by atoms with E-state index in [1.54, 1.807) is 6.07 Å². The fourth-order valence-electron chi connectivity index (χ4n) is 3.55. The molecule has 2 rings (SSSR count). The first-order valence-electron chi connectivity index (χ1n) is 9.64. The summed E-state index contributed by atoms with van der Waals surface area (Å²) in [5.74, 6) is -0.179. The third-order valence-corrected chi connectivity index (χ3v) is 4.94. The van der Waals surface area contributed by atoms with E-state index >= 15 is 0 Å². The molecule has 0 radical (unpaired) electrons. The van der Waals surface area contributed by atoms with Gasteiger partial charge in [-0.15, -0.1) is 0 Å². The van der Waals surface area contributed by atoms with Gasteiger partial charge in [-0.2, -0.15) is 0 Å². The molecule has 26 heavy (non-hydrogen) atoms. The number of hydrogen-bond acceptors (Lipinski definition) is 1. The summed E-state index contributed by atoms with van der Waals surface area (Å²) in [7, 11) is 0. The van der Waals surface area contributed by atoms with Gasteiger partial charge in [0.15, 0.2) is 0 Å². The third kappa shape index (κ3) is 4.54. The first-order chi connectivity index (χ1) is 12.4. The molecule has 1 aromatic carbocycles. The number of aromatic nitrogens is 1. The molecule has 2 aromatic rings. The Balaban J connectivity index is 2.64. The minimum Gasteiger partial charge on any atom is -0.366 e. The number of unbranched alkanes of at least 4 members (excludes halogenated alkanes) is 2. The summed E-state index contributed by atoms with van der Waals surface area (Å²) in [5, 5.41) is 0. The number of rotatable bonds is 9. The summed E-state index contributed by atoms with van der Waals surface area (Å²) < 4.78 is 16.1. The molecule has 0 spiro atoms. The van der Waals surface area contributed by atoms with Crippen LogP contribution in [0.2, 0.25) is 0 Å². The highest BCUT2D eigenvalue weighted by atomic mass is 19.1. The summed E-state index contributed by atoms with van der Waals surface area (Å²) in [6.45, 7) is 9.36. The maximum atomic E-state index is 13.9. The average molecular weight is 359 g/mol. The number of nitrogens with two attached hydrogens (primary N) is 1. The second-order valence-electron chi connectivity index (χ2n) is 7.45. The zero-order valence-electron chi connectivity index (χ0n) is 16.4. The number of hydrogen-bond donors (Lipinski definition) is 1. The molecule has 0 saturated carbocycles. The highest BCUT2D eigenvalue weighted by Gasteiger charge is 2.24. The van der Waals surface area contributed by atoms with Gasteiger partial charge in [0, 0.05) is 23.5 Å². The van der Waals surface area contributed by atoms with Crippen molar-refractivity contribution in [1.29, 1.82) is 0 Å². The summed E-state index contributed by atoms with van der Waals surface area (Å²) in [5.41, 5.74) is 9.82. The van der Waals surface area contributed by atoms with Crippen molar-refractivity contribution < 1.29 is 9.18 Å². The Morgan fingerprint density at radius 3 is 2.58 bits per heavy atom. The summed E-state index contributed by atoms with van der Waals surface area (Å²) in [6, 6.07) is 6.47. The Morgan fingerprint density at radius 1 is 1.27 bits per heavy atom. The van der Waals surface area contributed by atoms with Crippen LogP contribution in [0.1, 0.15) is 68.2 Å². The Morgan fingerprint density at radius 2 is 2.00 bits per heavy atom. The van der Waals surface area contributed by atoms with Crippen LogP contribution < -0.4 is 5.73 Å². The van der Waals surface area contributed by atoms with Gasteiger partial charge in [0.2, 0.25) is 0 Å². The zero-order chi connectivity index (χ0) is 19.3. The Labute approximate surface area is 156 Å². The van der Waals surface area contributed by atoms with Gasteiger partial charge in [0.1, 0.15) is 5.82 Å². The second kappa shape index (κ2) is 9.02. The van der Waals surface area contributed by atoms with Gasteiger partial charge in [0.05, 0.1) is 5.56 Å². The van der Waals surface area contributed by atoms with Crippen LogP contribution in [0.3, 0.4) is 0 Å². The third-order valence-electron chi connectivity index (χ3n) is 4.94. The molecule has 4 heteroatoms. The molecule has 142 valence electrons. The minimum atomic E-state index is -0.443. The summed E-state index contributed by atoms with van der Waals surface area (Å²) in [6.07, 6.45) is 5.19. The van der Waals surface area contributed by atoms with E-state index in [1.165, 1.54) is 12.1 Å². The Hall–Kier alpha value is -2.10. The average Bonchev–Trinajstić information content (AvgIpc) is 2.85. The quantitative estimate of drug-likeness (QED) is 0.593. The lowest BCUT2D eigenvalue weighted by atomic mass is 9.97. The molecule has 3 nitrogen and oxygen atoms in total. The maximum absolute atomic E-state index is 13.9. The highest BCUT2D eigenvalue weighted by Crippen LogP contribution is 2.34. The summed E-state index contributed by atoms with van der Waals surface area (Å²) in [4.78, 5) is 12.2. The maximum Gasteiger partial charge on any atom is 0.251 e. The molecule has 0 atom stereocenters. The van der Waals surface area contributed by atoms with E-state index < -0.39 is 5.91 Å². The van der Waals surface area contributed by atoms with Crippen LogP contribution in [0.4, 0.5) is 4.39 Å². The number of carbonyl (C=O) groups excluding carboxylic acids is 1. The standard InChI is InChI=1S/C22H31FN2O/c1-5-6-7-11-19-21(17-9-8-10-18(23)14-17)20(22(24)26)16(4)25(19)13-12-15(2)3/h8-10,14-15H,5-7,11-13H2,1-4H3,(H2,24,26). The lowest BCUT2D eigenvalue weighted by Gasteiger charge is -2.14. The van der Waals surface area contributed by atoms with Crippen LogP contribution >= 0.6 is 0 Å². The van der Waals surface area contributed by atoms with Gasteiger partial charge >= 0.3 is 0 Å². The molecule has 0 aliphatic carbocycles. The zero-order valence-corrected chi connectivity index (χ0v) is 16.4. The molecule has 0 fully saturated rings. The van der Waals surface area contributed by atoms with Crippen molar-refractivity contribution in [2.45, 2.75) is 66.3 Å². The molecule has 1 heterocycles. The number of halogens is 1. The van der Waals surface area contributed by atoms with Crippen LogP contribution in [-0.4, -0.2) is 10.5 Å². The SMILES string of the molecule is CCCCCc1c(-c2cccc(F)c2)c(C(N)=O)c(C)n1CCC(C)C. The number of nitrogens with zero attached hydrogens (tertiary/aromatic N) is 1. The highest BCUT2D eigenvalue weighted by molar-refractivity contribution is 6.02. The van der Waals surface area contributed by atoms with Crippen molar-refractivity contribution in [2.24, 2.45) is 11.7 Å². The molecule has 1 amide bonds. The molecule has 1 aromatic heterocycles. The molecule has 0 aliphatic heterocycles. The Kier molecular flexibility index (Phi) is 7.01. The molecule has 0 saturated heterocycles. The number of benzene rings is 1. The van der Waals surface area contributed by atoms with Crippen LogP contribution in [0.5, 0.6) is 0 Å². The van der Waals surface area contributed by atoms with E-state index in [1.807, 2.05) is 13.0 Å². The minimum absolute atomic E-state index is 0.301. The van der Waals surface area contributed by atoms with Gasteiger partial charge in [0.25, 0.3) is 5.91 Å². The van der Waals surface area contributed by atoms with Crippen LogP contribution in [-0.2, 0) is 13.0 Å². The number of primary amides is 1. The van der Waals surface area contributed by atoms with Crippen LogP contribution in [0.15, 0.2) is 24.3 Å². The van der Waals surface area contributed by atoms with E-state index in [4.69, 9.17) is 5.73 Å². The Bertz CT molecular complexity index is 762. The van der Waals surface area contributed by atoms with E-state index in [0.717, 1.165) is 61.2 Å². The van der Waals surface area contributed by atoms with E-state index in [-0.39, 0.29) is 5.82 Å². The fourth-order valence-corrected chi connectivity index (χ4v) is 3.55. The van der Waals surface area contributed by atoms with Crippen molar-refractivity contribution in [2.75, 3.05) is 0 Å². The van der Waals surface area contributed by atoms with Crippen molar-refractivity contribution in [3.05, 3.63) is 47.0 Å². The molecule has 2 N–H and O–H groups in total. The van der Waals surface area contributed by atoms with Crippen molar-refractivity contribution in [3.8, 4) is 11.1 Å². The van der Waals surface area contributed by atoms with Crippen molar-refractivity contribution >= 4 is 5.91 Å². The summed E-state index contributed by atoms with van der Waals surface area (Å²) >= 11 is 0. The van der Waals surface area contributed by atoms with Gasteiger partial charge in [-0.3, -0.25) is 4.79 Å². The topological polar surface area (TPSA) is 48.0 Å². The lowest BCUT2D eigenvalue weighted by molar-refractivity contribution is 0.1000. The predicted octanol–water partition coefficient (Wildman–Crippen LogP) is 5.48. The largest absolute Gasteiger partial charge is 0.366 e. The van der Waals surface area contributed by atoms with E-state index in [2.05, 4.69) is 25.3 Å². The monoisotopic (exact) mass is 358 g/mol. The molecular weight excluding hydrogens is 327 g/mol. The molecule has 0 aliphatic rings. The second-order valence-corrected chi connectivity index (χ2v) is 7.45.